The lowest BCUT2D eigenvalue weighted by molar-refractivity contribution is -0.111. The van der Waals surface area contributed by atoms with Crippen LogP contribution in [0.25, 0.3) is 5.57 Å². The van der Waals surface area contributed by atoms with Gasteiger partial charge in [0.2, 0.25) is 5.91 Å². The van der Waals surface area contributed by atoms with Gasteiger partial charge in [0.25, 0.3) is 0 Å². The van der Waals surface area contributed by atoms with Crippen LogP contribution in [0, 0.1) is 0 Å². The van der Waals surface area contributed by atoms with E-state index in [9.17, 15) is 9.59 Å². The minimum Gasteiger partial charge on any atom is -0.478 e. The lowest BCUT2D eigenvalue weighted by atomic mass is 10.1. The zero-order chi connectivity index (χ0) is 17.0. The molecule has 2 aromatic carbocycles. The van der Waals surface area contributed by atoms with Crippen LogP contribution in [-0.2, 0) is 4.79 Å². The number of benzene rings is 2. The van der Waals surface area contributed by atoms with Crippen LogP contribution in [-0.4, -0.2) is 17.0 Å². The van der Waals surface area contributed by atoms with Crippen LogP contribution >= 0.6 is 31.9 Å². The summed E-state index contributed by atoms with van der Waals surface area (Å²) in [6, 6.07) is 12.0. The molecule has 2 aromatic rings. The van der Waals surface area contributed by atoms with E-state index < -0.39 is 5.97 Å². The fourth-order valence-corrected chi connectivity index (χ4v) is 2.59. The van der Waals surface area contributed by atoms with Crippen molar-refractivity contribution in [3.63, 3.8) is 0 Å². The summed E-state index contributed by atoms with van der Waals surface area (Å²) >= 11 is 6.81. The molecule has 0 aliphatic rings. The van der Waals surface area contributed by atoms with Gasteiger partial charge < -0.3 is 10.4 Å². The number of carboxylic acid groups (broad SMARTS) is 1. The Morgan fingerprint density at radius 3 is 2.43 bits per heavy atom. The molecule has 118 valence electrons. The third kappa shape index (κ3) is 4.53. The fourth-order valence-electron chi connectivity index (χ4n) is 1.97. The Bertz CT molecular complexity index is 800. The first kappa shape index (κ1) is 17.4. The van der Waals surface area contributed by atoms with Gasteiger partial charge in [-0.05, 0) is 74.2 Å². The van der Waals surface area contributed by atoms with Crippen LogP contribution in [0.1, 0.15) is 22.8 Å². The largest absolute Gasteiger partial charge is 0.478 e. The van der Waals surface area contributed by atoms with Crippen molar-refractivity contribution in [1.82, 2.24) is 0 Å². The fraction of sp³-hybridized carbons (Fsp3) is 0.0588. The summed E-state index contributed by atoms with van der Waals surface area (Å²) in [6.45, 7) is 1.82. The molecule has 23 heavy (non-hydrogen) atoms. The van der Waals surface area contributed by atoms with Crippen LogP contribution in [0.3, 0.4) is 0 Å². The van der Waals surface area contributed by atoms with E-state index in [1.54, 1.807) is 18.2 Å². The number of carbonyl (C=O) groups is 2. The smallest absolute Gasteiger partial charge is 0.337 e. The SMILES string of the molecule is C/C(=C/C(=O)Nc1ccccc1C(=O)O)c1ccc(Br)c(Br)c1. The van der Waals surface area contributed by atoms with Crippen LogP contribution < -0.4 is 5.32 Å². The molecule has 2 rings (SSSR count). The van der Waals surface area contributed by atoms with Gasteiger partial charge in [0.15, 0.2) is 0 Å². The van der Waals surface area contributed by atoms with Crippen LogP contribution in [0.15, 0.2) is 57.5 Å². The standard InChI is InChI=1S/C17H13Br2NO3/c1-10(11-6-7-13(18)14(19)9-11)8-16(21)20-15-5-3-2-4-12(15)17(22)23/h2-9H,1H3,(H,20,21)(H,22,23)/b10-8-. The molecule has 0 saturated carbocycles. The maximum absolute atomic E-state index is 12.1. The molecule has 0 aliphatic heterocycles. The van der Waals surface area contributed by atoms with Crippen LogP contribution in [0.2, 0.25) is 0 Å². The Hall–Kier alpha value is -1.92. The van der Waals surface area contributed by atoms with E-state index in [1.165, 1.54) is 12.1 Å². The highest BCUT2D eigenvalue weighted by molar-refractivity contribution is 9.13. The monoisotopic (exact) mass is 437 g/mol. The van der Waals surface area contributed by atoms with E-state index in [1.807, 2.05) is 25.1 Å². The van der Waals surface area contributed by atoms with Crippen LogP contribution in [0.5, 0.6) is 0 Å². The highest BCUT2D eigenvalue weighted by atomic mass is 79.9. The van der Waals surface area contributed by atoms with Crippen molar-refractivity contribution >= 4 is 55.0 Å². The number of aromatic carboxylic acids is 1. The van der Waals surface area contributed by atoms with Gasteiger partial charge in [-0.2, -0.15) is 0 Å². The molecule has 6 heteroatoms. The predicted molar refractivity (Wildman–Crippen MR) is 97.5 cm³/mol. The molecule has 0 radical (unpaired) electrons. The molecule has 2 N–H and O–H groups in total. The predicted octanol–water partition coefficient (Wildman–Crippen LogP) is 4.95. The van der Waals surface area contributed by atoms with Crippen molar-refractivity contribution in [2.45, 2.75) is 6.92 Å². The number of amides is 1. The van der Waals surface area contributed by atoms with E-state index in [0.29, 0.717) is 0 Å². The van der Waals surface area contributed by atoms with E-state index in [0.717, 1.165) is 20.1 Å². The summed E-state index contributed by atoms with van der Waals surface area (Å²) in [5.41, 5.74) is 1.98. The Kier molecular flexibility index (Phi) is 5.74. The molecule has 0 bridgehead atoms. The number of para-hydroxylation sites is 1. The van der Waals surface area contributed by atoms with Crippen molar-refractivity contribution in [2.24, 2.45) is 0 Å². The number of allylic oxidation sites excluding steroid dienone is 1. The first-order valence-electron chi connectivity index (χ1n) is 6.65. The maximum atomic E-state index is 12.1. The minimum atomic E-state index is -1.08. The van der Waals surface area contributed by atoms with Gasteiger partial charge in [-0.1, -0.05) is 18.2 Å². The zero-order valence-corrected chi connectivity index (χ0v) is 15.3. The molecule has 0 aromatic heterocycles. The average molecular weight is 439 g/mol. The number of anilines is 1. The summed E-state index contributed by atoms with van der Waals surface area (Å²) in [5.74, 6) is -1.46. The molecule has 0 spiro atoms. The summed E-state index contributed by atoms with van der Waals surface area (Å²) < 4.78 is 1.81. The zero-order valence-electron chi connectivity index (χ0n) is 12.1. The van der Waals surface area contributed by atoms with Crippen molar-refractivity contribution in [1.29, 1.82) is 0 Å². The Morgan fingerprint density at radius 1 is 1.09 bits per heavy atom. The lowest BCUT2D eigenvalue weighted by Crippen LogP contribution is -2.12. The number of hydrogen-bond acceptors (Lipinski definition) is 2. The van der Waals surface area contributed by atoms with Crippen molar-refractivity contribution < 1.29 is 14.7 Å². The van der Waals surface area contributed by atoms with Crippen molar-refractivity contribution in [3.05, 3.63) is 68.6 Å². The molecule has 0 unspecified atom stereocenters. The molecule has 1 amide bonds. The van der Waals surface area contributed by atoms with Crippen molar-refractivity contribution in [2.75, 3.05) is 5.32 Å². The third-order valence-corrected chi connectivity index (χ3v) is 5.02. The normalized spacial score (nSPS) is 11.2. The highest BCUT2D eigenvalue weighted by Crippen LogP contribution is 2.27. The number of hydrogen-bond donors (Lipinski definition) is 2. The number of carbonyl (C=O) groups excluding carboxylic acids is 1. The second kappa shape index (κ2) is 7.57. The number of halogens is 2. The molecular weight excluding hydrogens is 426 g/mol. The van der Waals surface area contributed by atoms with Gasteiger partial charge in [-0.25, -0.2) is 4.79 Å². The molecule has 0 atom stereocenters. The summed E-state index contributed by atoms with van der Waals surface area (Å²) in [5, 5.41) is 11.7. The first-order valence-corrected chi connectivity index (χ1v) is 8.24. The van der Waals surface area contributed by atoms with E-state index in [4.69, 9.17) is 5.11 Å². The van der Waals surface area contributed by atoms with Gasteiger partial charge in [-0.15, -0.1) is 0 Å². The highest BCUT2D eigenvalue weighted by Gasteiger charge is 2.11. The molecule has 0 fully saturated rings. The quantitative estimate of drug-likeness (QED) is 0.663. The topological polar surface area (TPSA) is 66.4 Å². The number of carboxylic acids is 1. The molecule has 0 heterocycles. The van der Waals surface area contributed by atoms with Crippen molar-refractivity contribution in [3.8, 4) is 0 Å². The van der Waals surface area contributed by atoms with E-state index in [2.05, 4.69) is 37.2 Å². The second-order valence-corrected chi connectivity index (χ2v) is 6.50. The summed E-state index contributed by atoms with van der Waals surface area (Å²) in [4.78, 5) is 23.3. The van der Waals surface area contributed by atoms with E-state index in [-0.39, 0.29) is 17.2 Å². The Labute approximate surface area is 150 Å². The minimum absolute atomic E-state index is 0.0540. The summed E-state index contributed by atoms with van der Waals surface area (Å²) in [7, 11) is 0. The van der Waals surface area contributed by atoms with E-state index >= 15 is 0 Å². The lowest BCUT2D eigenvalue weighted by Gasteiger charge is -2.07. The molecule has 4 nitrogen and oxygen atoms in total. The number of nitrogens with one attached hydrogen (secondary N) is 1. The Morgan fingerprint density at radius 2 is 1.78 bits per heavy atom. The van der Waals surface area contributed by atoms with Gasteiger partial charge >= 0.3 is 5.97 Å². The average Bonchev–Trinajstić information content (AvgIpc) is 2.50. The van der Waals surface area contributed by atoms with Gasteiger partial charge in [-0.3, -0.25) is 4.79 Å². The number of rotatable bonds is 4. The third-order valence-electron chi connectivity index (χ3n) is 3.14. The molecule has 0 saturated heterocycles. The molecule has 0 aliphatic carbocycles. The second-order valence-electron chi connectivity index (χ2n) is 4.80. The van der Waals surface area contributed by atoms with Crippen LogP contribution in [0.4, 0.5) is 5.69 Å². The van der Waals surface area contributed by atoms with Gasteiger partial charge in [0, 0.05) is 15.0 Å². The summed E-state index contributed by atoms with van der Waals surface area (Å²) in [6.07, 6.45) is 1.44. The first-order chi connectivity index (χ1) is 10.9. The van der Waals surface area contributed by atoms with Gasteiger partial charge in [0.05, 0.1) is 11.3 Å². The molecular formula is C17H13Br2NO3. The van der Waals surface area contributed by atoms with Gasteiger partial charge in [0.1, 0.15) is 0 Å². The maximum Gasteiger partial charge on any atom is 0.337 e. The Balaban J connectivity index is 2.21.